The quantitative estimate of drug-likeness (QED) is 0.0879. The number of hydrogen-bond acceptors (Lipinski definition) is 8. The predicted molar refractivity (Wildman–Crippen MR) is 169 cm³/mol. The van der Waals surface area contributed by atoms with Crippen LogP contribution in [0.25, 0.3) is 0 Å². The first-order valence-corrected chi connectivity index (χ1v) is 18.5. The Morgan fingerprint density at radius 3 is 0.927 bits per heavy atom. The molecule has 0 radical (unpaired) electrons. The van der Waals surface area contributed by atoms with Crippen LogP contribution in [0.15, 0.2) is 0 Å². The minimum absolute atomic E-state index is 0. The summed E-state index contributed by atoms with van der Waals surface area (Å²) in [7, 11) is -8.48. The maximum absolute atomic E-state index is 13.2. The van der Waals surface area contributed by atoms with Gasteiger partial charge in [-0.3, -0.25) is 9.59 Å². The number of unbranched alkanes of at least 4 members (excludes halogenated alkanes) is 4. The van der Waals surface area contributed by atoms with Gasteiger partial charge in [-0.2, -0.15) is 16.8 Å². The zero-order valence-corrected chi connectivity index (χ0v) is 28.1. The molecule has 0 spiro atoms. The average molecular weight is 635 g/mol. The topological polar surface area (TPSA) is 121 Å². The SMILES string of the molecule is CCCCC(C)C(C(C)CCCC)S(=O)(=O)OC(=O)CCC(=O)OS(=O)(=O)C(C(C)CCCC)C(C)CCCC.[NaH]. The molecule has 0 fully saturated rings. The first-order chi connectivity index (χ1) is 18.7. The Labute approximate surface area is 274 Å². The Balaban J connectivity index is 0. The molecule has 41 heavy (non-hydrogen) atoms. The Hall–Kier alpha value is -0.160. The summed E-state index contributed by atoms with van der Waals surface area (Å²) >= 11 is 0. The molecule has 0 saturated heterocycles. The monoisotopic (exact) mass is 634 g/mol. The van der Waals surface area contributed by atoms with E-state index in [4.69, 9.17) is 8.37 Å². The Kier molecular flexibility index (Phi) is 23.4. The van der Waals surface area contributed by atoms with Gasteiger partial charge in [0.15, 0.2) is 0 Å². The fourth-order valence-corrected chi connectivity index (χ4v) is 9.41. The molecule has 240 valence electrons. The van der Waals surface area contributed by atoms with Crippen molar-refractivity contribution in [2.24, 2.45) is 23.7 Å². The van der Waals surface area contributed by atoms with E-state index >= 15 is 0 Å². The summed E-state index contributed by atoms with van der Waals surface area (Å²) in [5, 5.41) is -1.67. The van der Waals surface area contributed by atoms with Crippen molar-refractivity contribution >= 4 is 61.7 Å². The van der Waals surface area contributed by atoms with E-state index in [1.165, 1.54) is 0 Å². The van der Waals surface area contributed by atoms with Crippen molar-refractivity contribution in [3.63, 3.8) is 0 Å². The fourth-order valence-electron chi connectivity index (χ4n) is 5.68. The summed E-state index contributed by atoms with van der Waals surface area (Å²) in [6, 6.07) is 0. The predicted octanol–water partition coefficient (Wildman–Crippen LogP) is 6.91. The second-order valence-electron chi connectivity index (χ2n) is 11.8. The zero-order chi connectivity index (χ0) is 30.9. The van der Waals surface area contributed by atoms with E-state index in [9.17, 15) is 26.4 Å². The first-order valence-electron chi connectivity index (χ1n) is 15.6. The van der Waals surface area contributed by atoms with Gasteiger partial charge in [-0.05, 0) is 49.4 Å². The summed E-state index contributed by atoms with van der Waals surface area (Å²) < 4.78 is 62.7. The molecule has 0 aliphatic rings. The van der Waals surface area contributed by atoms with Gasteiger partial charge in [-0.15, -0.1) is 0 Å². The molecule has 0 aliphatic heterocycles. The third-order valence-corrected chi connectivity index (χ3v) is 11.9. The second kappa shape index (κ2) is 22.4. The van der Waals surface area contributed by atoms with E-state index in [0.29, 0.717) is 25.7 Å². The van der Waals surface area contributed by atoms with Crippen LogP contribution in [-0.2, 0) is 38.2 Å². The third kappa shape index (κ3) is 16.5. The van der Waals surface area contributed by atoms with Crippen LogP contribution >= 0.6 is 0 Å². The Morgan fingerprint density at radius 1 is 0.512 bits per heavy atom. The first kappa shape index (κ1) is 43.0. The zero-order valence-electron chi connectivity index (χ0n) is 26.4. The van der Waals surface area contributed by atoms with Crippen LogP contribution in [0.1, 0.15) is 145 Å². The van der Waals surface area contributed by atoms with Crippen molar-refractivity contribution in [2.75, 3.05) is 0 Å². The number of carbonyl (C=O) groups is 2. The van der Waals surface area contributed by atoms with Crippen LogP contribution in [0.3, 0.4) is 0 Å². The van der Waals surface area contributed by atoms with Crippen LogP contribution < -0.4 is 0 Å². The van der Waals surface area contributed by atoms with Gasteiger partial charge in [0.2, 0.25) is 0 Å². The number of rotatable bonds is 23. The molecular weight excluding hydrogens is 575 g/mol. The van der Waals surface area contributed by atoms with Gasteiger partial charge in [0.1, 0.15) is 10.5 Å². The van der Waals surface area contributed by atoms with E-state index < -0.39 is 55.5 Å². The summed E-state index contributed by atoms with van der Waals surface area (Å²) in [6.07, 6.45) is 8.87. The van der Waals surface area contributed by atoms with Crippen molar-refractivity contribution in [1.82, 2.24) is 0 Å². The van der Waals surface area contributed by atoms with Gasteiger partial charge in [-0.25, -0.2) is 0 Å². The molecular formula is C30H59NaO8S2. The fraction of sp³-hybridized carbons (Fsp3) is 0.933. The molecule has 0 aromatic carbocycles. The van der Waals surface area contributed by atoms with Gasteiger partial charge in [0.25, 0.3) is 0 Å². The van der Waals surface area contributed by atoms with Crippen molar-refractivity contribution in [1.29, 1.82) is 0 Å². The standard InChI is InChI=1S/C30H58O8S2.Na.H/c1-9-13-17-23(5)29(24(6)18-14-10-2)39(33,34)37-27(31)21-22-28(32)38-40(35,36)30(25(7)19-15-11-3)26(8)20-16-12-4;;/h23-26,29-30H,9-22H2,1-8H3;;. The summed E-state index contributed by atoms with van der Waals surface area (Å²) in [4.78, 5) is 25.1. The van der Waals surface area contributed by atoms with Gasteiger partial charge < -0.3 is 8.37 Å². The van der Waals surface area contributed by atoms with Gasteiger partial charge in [0, 0.05) is 0 Å². The molecule has 4 unspecified atom stereocenters. The van der Waals surface area contributed by atoms with Crippen molar-refractivity contribution in [3.05, 3.63) is 0 Å². The third-order valence-electron chi connectivity index (χ3n) is 7.91. The summed E-state index contributed by atoms with van der Waals surface area (Å²) in [5.41, 5.74) is 0. The van der Waals surface area contributed by atoms with Gasteiger partial charge in [-0.1, -0.05) is 107 Å². The Bertz CT molecular complexity index is 832. The normalized spacial score (nSPS) is 16.5. The van der Waals surface area contributed by atoms with E-state index in [1.54, 1.807) is 0 Å². The summed E-state index contributed by atoms with van der Waals surface area (Å²) in [6.45, 7) is 15.6. The minimum atomic E-state index is -4.24. The van der Waals surface area contributed by atoms with E-state index in [2.05, 4.69) is 0 Å². The Morgan fingerprint density at radius 2 is 0.732 bits per heavy atom. The molecule has 0 saturated carbocycles. The molecule has 8 nitrogen and oxygen atoms in total. The van der Waals surface area contributed by atoms with Crippen LogP contribution in [0.5, 0.6) is 0 Å². The average Bonchev–Trinajstić information content (AvgIpc) is 2.86. The molecule has 0 aromatic heterocycles. The molecule has 0 amide bonds. The van der Waals surface area contributed by atoms with Gasteiger partial charge >= 0.3 is 61.7 Å². The van der Waals surface area contributed by atoms with Crippen molar-refractivity contribution in [2.45, 2.75) is 156 Å². The van der Waals surface area contributed by atoms with Crippen LogP contribution in [0.2, 0.25) is 0 Å². The maximum atomic E-state index is 13.2. The van der Waals surface area contributed by atoms with Crippen LogP contribution in [0.4, 0.5) is 0 Å². The molecule has 4 atom stereocenters. The van der Waals surface area contributed by atoms with E-state index in [1.807, 2.05) is 55.4 Å². The van der Waals surface area contributed by atoms with E-state index in [-0.39, 0.29) is 53.2 Å². The molecule has 0 heterocycles. The van der Waals surface area contributed by atoms with Gasteiger partial charge in [0.05, 0.1) is 12.8 Å². The second-order valence-corrected chi connectivity index (χ2v) is 15.2. The number of carbonyl (C=O) groups excluding carboxylic acids is 2. The molecule has 0 aliphatic carbocycles. The summed E-state index contributed by atoms with van der Waals surface area (Å²) in [5.74, 6) is -2.92. The van der Waals surface area contributed by atoms with Crippen molar-refractivity contribution < 1.29 is 34.8 Å². The van der Waals surface area contributed by atoms with E-state index in [0.717, 1.165) is 51.4 Å². The molecule has 0 bridgehead atoms. The molecule has 0 rings (SSSR count). The molecule has 11 heteroatoms. The number of hydrogen-bond donors (Lipinski definition) is 0. The van der Waals surface area contributed by atoms with Crippen molar-refractivity contribution in [3.8, 4) is 0 Å². The van der Waals surface area contributed by atoms with Crippen LogP contribution in [-0.4, -0.2) is 68.8 Å². The molecule has 0 N–H and O–H groups in total. The molecule has 0 aromatic rings. The van der Waals surface area contributed by atoms with Crippen LogP contribution in [0, 0.1) is 23.7 Å².